The zero-order chi connectivity index (χ0) is 26.5. The Morgan fingerprint density at radius 2 is 0.700 bits per heavy atom. The minimum absolute atomic E-state index is 1.23. The molecule has 0 radical (unpaired) electrons. The fourth-order valence-electron chi connectivity index (χ4n) is 6.54. The predicted molar refractivity (Wildman–Crippen MR) is 173 cm³/mol. The lowest BCUT2D eigenvalue weighted by Gasteiger charge is -2.20. The molecule has 0 saturated carbocycles. The van der Waals surface area contributed by atoms with E-state index in [2.05, 4.69) is 158 Å². The molecule has 0 heterocycles. The van der Waals surface area contributed by atoms with Gasteiger partial charge in [-0.3, -0.25) is 0 Å². The second-order valence-corrected chi connectivity index (χ2v) is 10.4. The monoisotopic (exact) mass is 506 g/mol. The molecule has 0 amide bonds. The molecule has 0 saturated heterocycles. The Bertz CT molecular complexity index is 2150. The molecule has 0 nitrogen and oxygen atoms in total. The van der Waals surface area contributed by atoms with Gasteiger partial charge in [-0.05, 0) is 76.5 Å². The first-order valence-electron chi connectivity index (χ1n) is 13.9. The quantitative estimate of drug-likeness (QED) is 0.165. The van der Waals surface area contributed by atoms with Crippen molar-refractivity contribution in [3.05, 3.63) is 158 Å². The van der Waals surface area contributed by atoms with Crippen molar-refractivity contribution in [1.29, 1.82) is 0 Å². The van der Waals surface area contributed by atoms with Crippen molar-refractivity contribution in [2.24, 2.45) is 0 Å². The van der Waals surface area contributed by atoms with Gasteiger partial charge in [0.2, 0.25) is 0 Å². The van der Waals surface area contributed by atoms with E-state index < -0.39 is 0 Å². The number of fused-ring (bicyclic) bond motifs is 5. The van der Waals surface area contributed by atoms with E-state index in [1.165, 1.54) is 76.5 Å². The first kappa shape index (κ1) is 22.8. The zero-order valence-electron chi connectivity index (χ0n) is 22.0. The summed E-state index contributed by atoms with van der Waals surface area (Å²) in [5.41, 5.74) is 7.61. The van der Waals surface area contributed by atoms with Gasteiger partial charge in [0.15, 0.2) is 0 Å². The Balaban J connectivity index is 1.52. The third kappa shape index (κ3) is 3.47. The lowest BCUT2D eigenvalue weighted by atomic mass is 9.83. The molecule has 0 atom stereocenters. The summed E-state index contributed by atoms with van der Waals surface area (Å²) >= 11 is 0. The molecule has 0 unspecified atom stereocenters. The minimum Gasteiger partial charge on any atom is -0.0622 e. The van der Waals surface area contributed by atoms with E-state index >= 15 is 0 Å². The molecule has 0 aliphatic rings. The predicted octanol–water partition coefficient (Wildman–Crippen LogP) is 11.3. The van der Waals surface area contributed by atoms with Gasteiger partial charge in [0.1, 0.15) is 0 Å². The highest BCUT2D eigenvalue weighted by Crippen LogP contribution is 2.47. The van der Waals surface area contributed by atoms with E-state index in [0.29, 0.717) is 0 Å². The topological polar surface area (TPSA) is 0 Å². The van der Waals surface area contributed by atoms with Crippen LogP contribution >= 0.6 is 0 Å². The van der Waals surface area contributed by atoms with Crippen molar-refractivity contribution in [3.63, 3.8) is 0 Å². The second-order valence-electron chi connectivity index (χ2n) is 10.4. The molecule has 0 spiro atoms. The Hall–Kier alpha value is -5.20. The molecule has 0 aliphatic carbocycles. The van der Waals surface area contributed by atoms with Crippen LogP contribution in [0.4, 0.5) is 0 Å². The maximum Gasteiger partial charge on any atom is -0.00201 e. The van der Waals surface area contributed by atoms with Crippen LogP contribution in [-0.4, -0.2) is 0 Å². The van der Waals surface area contributed by atoms with Gasteiger partial charge in [-0.25, -0.2) is 0 Å². The van der Waals surface area contributed by atoms with Gasteiger partial charge in [0.25, 0.3) is 0 Å². The second kappa shape index (κ2) is 9.22. The van der Waals surface area contributed by atoms with Crippen molar-refractivity contribution in [2.75, 3.05) is 0 Å². The van der Waals surface area contributed by atoms with Crippen molar-refractivity contribution in [2.45, 2.75) is 0 Å². The Morgan fingerprint density at radius 3 is 1.38 bits per heavy atom. The average molecular weight is 507 g/mol. The number of benzene rings is 8. The minimum atomic E-state index is 1.23. The third-order valence-corrected chi connectivity index (χ3v) is 8.27. The van der Waals surface area contributed by atoms with Gasteiger partial charge in [0, 0.05) is 0 Å². The smallest absolute Gasteiger partial charge is 0.00201 e. The molecule has 8 aromatic rings. The van der Waals surface area contributed by atoms with Gasteiger partial charge in [-0.1, -0.05) is 158 Å². The zero-order valence-corrected chi connectivity index (χ0v) is 22.0. The molecule has 0 fully saturated rings. The lowest BCUT2D eigenvalue weighted by molar-refractivity contribution is 1.61. The van der Waals surface area contributed by atoms with Crippen LogP contribution in [0.25, 0.3) is 76.5 Å². The molecule has 0 N–H and O–H groups in total. The molecule has 186 valence electrons. The fraction of sp³-hybridized carbons (Fsp3) is 0. The molecule has 8 rings (SSSR count). The Labute approximate surface area is 233 Å². The number of rotatable bonds is 3. The summed E-state index contributed by atoms with van der Waals surface area (Å²) in [6.45, 7) is 0. The van der Waals surface area contributed by atoms with Gasteiger partial charge >= 0.3 is 0 Å². The molecular weight excluding hydrogens is 480 g/mol. The summed E-state index contributed by atoms with van der Waals surface area (Å²) < 4.78 is 0. The maximum atomic E-state index is 2.30. The van der Waals surface area contributed by atoms with Crippen molar-refractivity contribution in [1.82, 2.24) is 0 Å². The van der Waals surface area contributed by atoms with Crippen LogP contribution in [0, 0.1) is 0 Å². The van der Waals surface area contributed by atoms with Crippen molar-refractivity contribution < 1.29 is 0 Å². The van der Waals surface area contributed by atoms with Gasteiger partial charge in [-0.15, -0.1) is 0 Å². The van der Waals surface area contributed by atoms with Crippen molar-refractivity contribution >= 4 is 43.1 Å². The summed E-state index contributed by atoms with van der Waals surface area (Å²) in [7, 11) is 0. The average Bonchev–Trinajstić information content (AvgIpc) is 3.04. The van der Waals surface area contributed by atoms with Crippen LogP contribution in [0.3, 0.4) is 0 Å². The molecule has 40 heavy (non-hydrogen) atoms. The summed E-state index contributed by atoms with van der Waals surface area (Å²) in [6, 6.07) is 57.5. The number of hydrogen-bond acceptors (Lipinski definition) is 0. The van der Waals surface area contributed by atoms with E-state index in [4.69, 9.17) is 0 Å². The van der Waals surface area contributed by atoms with E-state index in [9.17, 15) is 0 Å². The highest BCUT2D eigenvalue weighted by Gasteiger charge is 2.19. The lowest BCUT2D eigenvalue weighted by Crippen LogP contribution is -1.93. The summed E-state index contributed by atoms with van der Waals surface area (Å²) in [4.78, 5) is 0. The van der Waals surface area contributed by atoms with Gasteiger partial charge in [-0.2, -0.15) is 0 Å². The van der Waals surface area contributed by atoms with Gasteiger partial charge in [0.05, 0.1) is 0 Å². The third-order valence-electron chi connectivity index (χ3n) is 8.27. The normalized spacial score (nSPS) is 11.5. The molecular formula is C40H26. The highest BCUT2D eigenvalue weighted by molar-refractivity contribution is 6.25. The first-order chi connectivity index (χ1) is 19.9. The van der Waals surface area contributed by atoms with E-state index in [-0.39, 0.29) is 0 Å². The standard InChI is InChI=1S/C40H26/c1-2-13-27(14-3-1)30-17-6-7-18-33(30)39-35-19-8-10-21-37(35)40(38-22-11-9-20-36(38)39)34-24-12-23-31-29-16-5-4-15-28(29)25-26-32(31)34/h1-26H. The Kier molecular flexibility index (Phi) is 5.24. The molecule has 0 bridgehead atoms. The van der Waals surface area contributed by atoms with E-state index in [1.54, 1.807) is 0 Å². The van der Waals surface area contributed by atoms with Crippen molar-refractivity contribution in [3.8, 4) is 33.4 Å². The first-order valence-corrected chi connectivity index (χ1v) is 13.9. The maximum absolute atomic E-state index is 2.30. The van der Waals surface area contributed by atoms with Crippen LogP contribution in [0.15, 0.2) is 158 Å². The summed E-state index contributed by atoms with van der Waals surface area (Å²) in [6.07, 6.45) is 0. The van der Waals surface area contributed by atoms with Crippen LogP contribution in [-0.2, 0) is 0 Å². The molecule has 8 aromatic carbocycles. The molecule has 0 aliphatic heterocycles. The highest BCUT2D eigenvalue weighted by atomic mass is 14.2. The summed E-state index contributed by atoms with van der Waals surface area (Å²) in [5, 5.41) is 10.3. The largest absolute Gasteiger partial charge is 0.0622 e. The van der Waals surface area contributed by atoms with Crippen LogP contribution in [0.5, 0.6) is 0 Å². The van der Waals surface area contributed by atoms with E-state index in [0.717, 1.165) is 0 Å². The van der Waals surface area contributed by atoms with Gasteiger partial charge < -0.3 is 0 Å². The number of hydrogen-bond donors (Lipinski definition) is 0. The molecule has 0 aromatic heterocycles. The van der Waals surface area contributed by atoms with Crippen LogP contribution < -0.4 is 0 Å². The SMILES string of the molecule is c1ccc(-c2ccccc2-c2c3ccccc3c(-c3cccc4c3ccc3ccccc34)c3ccccc23)cc1. The summed E-state index contributed by atoms with van der Waals surface area (Å²) in [5.74, 6) is 0. The van der Waals surface area contributed by atoms with Crippen LogP contribution in [0.2, 0.25) is 0 Å². The van der Waals surface area contributed by atoms with Crippen LogP contribution in [0.1, 0.15) is 0 Å². The molecule has 0 heteroatoms. The fourth-order valence-corrected chi connectivity index (χ4v) is 6.54. The van der Waals surface area contributed by atoms with E-state index in [1.807, 2.05) is 0 Å². The Morgan fingerprint density at radius 1 is 0.225 bits per heavy atom.